The third-order valence-electron chi connectivity index (χ3n) is 5.11. The minimum absolute atomic E-state index is 0.0573. The minimum Gasteiger partial charge on any atom is -0.378 e. The van der Waals surface area contributed by atoms with Crippen molar-refractivity contribution in [2.24, 2.45) is 11.7 Å². The third-order valence-corrected chi connectivity index (χ3v) is 5.11. The second-order valence-corrected chi connectivity index (χ2v) is 6.40. The number of rotatable bonds is 2. The molecule has 3 nitrogen and oxygen atoms in total. The van der Waals surface area contributed by atoms with Crippen molar-refractivity contribution in [2.75, 3.05) is 19.8 Å². The number of benzene rings is 1. The van der Waals surface area contributed by atoms with Gasteiger partial charge in [0.1, 0.15) is 0 Å². The molecule has 0 radical (unpaired) electrons. The molecule has 20 heavy (non-hydrogen) atoms. The maximum Gasteiger partial charge on any atom is 0.0940 e. The molecule has 2 aliphatic rings. The fourth-order valence-corrected chi connectivity index (χ4v) is 3.62. The molecule has 0 amide bonds. The average Bonchev–Trinajstić information content (AvgIpc) is 2.89. The fraction of sp³-hybridized carbons (Fsp3) is 0.647. The van der Waals surface area contributed by atoms with E-state index in [9.17, 15) is 0 Å². The summed E-state index contributed by atoms with van der Waals surface area (Å²) in [5, 5.41) is 0. The van der Waals surface area contributed by atoms with Crippen molar-refractivity contribution in [1.82, 2.24) is 0 Å². The Kier molecular flexibility index (Phi) is 3.85. The van der Waals surface area contributed by atoms with Crippen molar-refractivity contribution < 1.29 is 9.47 Å². The van der Waals surface area contributed by atoms with Crippen LogP contribution in [0.5, 0.6) is 0 Å². The van der Waals surface area contributed by atoms with Gasteiger partial charge in [-0.2, -0.15) is 0 Å². The van der Waals surface area contributed by atoms with Gasteiger partial charge >= 0.3 is 0 Å². The summed E-state index contributed by atoms with van der Waals surface area (Å²) in [5.74, 6) is 0.492. The van der Waals surface area contributed by atoms with Crippen LogP contribution in [-0.4, -0.2) is 25.4 Å². The van der Waals surface area contributed by atoms with Crippen molar-refractivity contribution in [3.05, 3.63) is 34.9 Å². The zero-order chi connectivity index (χ0) is 14.2. The van der Waals surface area contributed by atoms with Crippen LogP contribution in [0, 0.1) is 19.8 Å². The summed E-state index contributed by atoms with van der Waals surface area (Å²) in [7, 11) is 0. The molecule has 3 heteroatoms. The van der Waals surface area contributed by atoms with Crippen molar-refractivity contribution in [2.45, 2.75) is 44.8 Å². The Morgan fingerprint density at radius 2 is 2.15 bits per heavy atom. The molecule has 2 fully saturated rings. The van der Waals surface area contributed by atoms with E-state index in [1.165, 1.54) is 16.7 Å². The Morgan fingerprint density at radius 3 is 2.90 bits per heavy atom. The maximum atomic E-state index is 6.59. The van der Waals surface area contributed by atoms with Crippen LogP contribution in [0.1, 0.15) is 42.0 Å². The SMILES string of the molecule is Cc1cccc(C(N)C2CCOC3(CCOC3)C2)c1C. The molecule has 2 aliphatic heterocycles. The summed E-state index contributed by atoms with van der Waals surface area (Å²) in [5.41, 5.74) is 10.5. The average molecular weight is 275 g/mol. The lowest BCUT2D eigenvalue weighted by Gasteiger charge is -2.39. The van der Waals surface area contributed by atoms with Gasteiger partial charge < -0.3 is 15.2 Å². The lowest BCUT2D eigenvalue weighted by Crippen LogP contribution is -2.43. The standard InChI is InChI=1S/C17H25NO2/c1-12-4-3-5-15(13(12)2)16(18)14-6-8-20-17(10-14)7-9-19-11-17/h3-5,14,16H,6-11,18H2,1-2H3. The van der Waals surface area contributed by atoms with Crippen LogP contribution < -0.4 is 5.73 Å². The van der Waals surface area contributed by atoms with Crippen molar-refractivity contribution >= 4 is 0 Å². The molecule has 0 saturated carbocycles. The van der Waals surface area contributed by atoms with Crippen LogP contribution in [-0.2, 0) is 9.47 Å². The predicted octanol–water partition coefficient (Wildman–Crippen LogP) is 2.89. The largest absolute Gasteiger partial charge is 0.378 e. The summed E-state index contributed by atoms with van der Waals surface area (Å²) >= 11 is 0. The van der Waals surface area contributed by atoms with Crippen LogP contribution in [0.2, 0.25) is 0 Å². The van der Waals surface area contributed by atoms with E-state index in [0.29, 0.717) is 5.92 Å². The van der Waals surface area contributed by atoms with E-state index in [1.54, 1.807) is 0 Å². The molecule has 0 bridgehead atoms. The summed E-state index contributed by atoms with van der Waals surface area (Å²) in [6, 6.07) is 6.56. The van der Waals surface area contributed by atoms with Gasteiger partial charge in [-0.25, -0.2) is 0 Å². The first kappa shape index (κ1) is 14.1. The van der Waals surface area contributed by atoms with Crippen LogP contribution >= 0.6 is 0 Å². The van der Waals surface area contributed by atoms with E-state index in [4.69, 9.17) is 15.2 Å². The van der Waals surface area contributed by atoms with Crippen LogP contribution in [0.25, 0.3) is 0 Å². The molecule has 110 valence electrons. The monoisotopic (exact) mass is 275 g/mol. The Balaban J connectivity index is 1.79. The molecule has 2 saturated heterocycles. The number of aryl methyl sites for hydroxylation is 1. The minimum atomic E-state index is -0.0573. The quantitative estimate of drug-likeness (QED) is 0.902. The summed E-state index contributed by atoms with van der Waals surface area (Å²) in [4.78, 5) is 0. The second-order valence-electron chi connectivity index (χ2n) is 6.40. The van der Waals surface area contributed by atoms with E-state index >= 15 is 0 Å². The smallest absolute Gasteiger partial charge is 0.0940 e. The summed E-state index contributed by atoms with van der Waals surface area (Å²) < 4.78 is 11.6. The normalized spacial score (nSPS) is 31.6. The second kappa shape index (κ2) is 5.47. The molecular weight excluding hydrogens is 250 g/mol. The first-order valence-corrected chi connectivity index (χ1v) is 7.65. The van der Waals surface area contributed by atoms with Gasteiger partial charge in [-0.05, 0) is 49.3 Å². The highest BCUT2D eigenvalue weighted by Crippen LogP contribution is 2.40. The molecule has 1 aromatic carbocycles. The Labute approximate surface area is 121 Å². The molecule has 1 aromatic rings. The van der Waals surface area contributed by atoms with Crippen molar-refractivity contribution in [3.8, 4) is 0 Å². The highest BCUT2D eigenvalue weighted by Gasteiger charge is 2.42. The van der Waals surface area contributed by atoms with E-state index in [2.05, 4.69) is 32.0 Å². The van der Waals surface area contributed by atoms with E-state index in [-0.39, 0.29) is 11.6 Å². The Bertz CT molecular complexity index is 480. The topological polar surface area (TPSA) is 44.5 Å². The van der Waals surface area contributed by atoms with Gasteiger partial charge in [0.2, 0.25) is 0 Å². The molecule has 3 unspecified atom stereocenters. The summed E-state index contributed by atoms with van der Waals surface area (Å²) in [6.45, 7) is 6.71. The third kappa shape index (κ3) is 2.50. The zero-order valence-electron chi connectivity index (χ0n) is 12.5. The van der Waals surface area contributed by atoms with Crippen LogP contribution in [0.4, 0.5) is 0 Å². The van der Waals surface area contributed by atoms with Gasteiger partial charge in [0, 0.05) is 25.7 Å². The van der Waals surface area contributed by atoms with Crippen LogP contribution in [0.3, 0.4) is 0 Å². The zero-order valence-corrected chi connectivity index (χ0v) is 12.5. The van der Waals surface area contributed by atoms with E-state index in [1.807, 2.05) is 0 Å². The van der Waals surface area contributed by atoms with E-state index < -0.39 is 0 Å². The molecule has 1 spiro atoms. The molecular formula is C17H25NO2. The highest BCUT2D eigenvalue weighted by molar-refractivity contribution is 5.35. The van der Waals surface area contributed by atoms with E-state index in [0.717, 1.165) is 39.1 Å². The van der Waals surface area contributed by atoms with Crippen molar-refractivity contribution in [3.63, 3.8) is 0 Å². The van der Waals surface area contributed by atoms with Crippen LogP contribution in [0.15, 0.2) is 18.2 Å². The first-order chi connectivity index (χ1) is 9.61. The lowest BCUT2D eigenvalue weighted by molar-refractivity contribution is -0.101. The fourth-order valence-electron chi connectivity index (χ4n) is 3.62. The lowest BCUT2D eigenvalue weighted by atomic mass is 9.78. The highest BCUT2D eigenvalue weighted by atomic mass is 16.6. The Morgan fingerprint density at radius 1 is 1.30 bits per heavy atom. The summed E-state index contributed by atoms with van der Waals surface area (Å²) in [6.07, 6.45) is 3.10. The molecule has 2 heterocycles. The number of hydrogen-bond acceptors (Lipinski definition) is 3. The first-order valence-electron chi connectivity index (χ1n) is 7.65. The molecule has 3 atom stereocenters. The predicted molar refractivity (Wildman–Crippen MR) is 79.7 cm³/mol. The molecule has 0 aliphatic carbocycles. The number of hydrogen-bond donors (Lipinski definition) is 1. The molecule has 3 rings (SSSR count). The maximum absolute atomic E-state index is 6.59. The number of nitrogens with two attached hydrogens (primary N) is 1. The Hall–Kier alpha value is -0.900. The number of ether oxygens (including phenoxy) is 2. The van der Waals surface area contributed by atoms with Gasteiger partial charge in [0.25, 0.3) is 0 Å². The van der Waals surface area contributed by atoms with Gasteiger partial charge in [0.15, 0.2) is 0 Å². The van der Waals surface area contributed by atoms with Gasteiger partial charge in [-0.15, -0.1) is 0 Å². The van der Waals surface area contributed by atoms with Crippen molar-refractivity contribution in [1.29, 1.82) is 0 Å². The molecule has 2 N–H and O–H groups in total. The van der Waals surface area contributed by atoms with Gasteiger partial charge in [0.05, 0.1) is 12.2 Å². The van der Waals surface area contributed by atoms with Gasteiger partial charge in [-0.1, -0.05) is 18.2 Å². The van der Waals surface area contributed by atoms with Gasteiger partial charge in [-0.3, -0.25) is 0 Å². The molecule has 0 aromatic heterocycles.